The van der Waals surface area contributed by atoms with Gasteiger partial charge in [0.25, 0.3) is 5.66 Å². The molecular weight excluding hydrogens is 498 g/mol. The van der Waals surface area contributed by atoms with E-state index in [-0.39, 0.29) is 18.7 Å². The molecule has 196 valence electrons. The zero-order chi connectivity index (χ0) is 26.8. The minimum absolute atomic E-state index is 0.174. The average molecular weight is 529 g/mol. The zero-order valence-electron chi connectivity index (χ0n) is 21.1. The fraction of sp³-hybridized carbons (Fsp3) is 0.423. The molecule has 2 aromatic rings. The average Bonchev–Trinajstić information content (AvgIpc) is 3.37. The number of quaternary nitrogens is 1. The van der Waals surface area contributed by atoms with Gasteiger partial charge in [-0.3, -0.25) is 14.6 Å². The molecule has 0 saturated carbocycles. The molecule has 2 aliphatic rings. The van der Waals surface area contributed by atoms with Crippen LogP contribution in [0.15, 0.2) is 42.7 Å². The maximum Gasteiger partial charge on any atom is 0.452 e. The molecule has 3 amide bonds. The fourth-order valence-electron chi connectivity index (χ4n) is 4.85. The molecule has 10 nitrogen and oxygen atoms in total. The maximum atomic E-state index is 14.3. The van der Waals surface area contributed by atoms with Gasteiger partial charge in [-0.25, -0.2) is 9.59 Å². The minimum atomic E-state index is -1.91. The molecule has 37 heavy (non-hydrogen) atoms. The molecule has 1 saturated heterocycles. The Hall–Kier alpha value is -3.50. The van der Waals surface area contributed by atoms with Gasteiger partial charge in [-0.05, 0) is 57.9 Å². The van der Waals surface area contributed by atoms with Crippen molar-refractivity contribution < 1.29 is 28.5 Å². The second kappa shape index (κ2) is 10.1. The highest BCUT2D eigenvalue weighted by atomic mass is 35.5. The van der Waals surface area contributed by atoms with E-state index in [0.717, 1.165) is 12.8 Å². The summed E-state index contributed by atoms with van der Waals surface area (Å²) in [7, 11) is 0. The lowest BCUT2D eigenvalue weighted by Gasteiger charge is -2.49. The summed E-state index contributed by atoms with van der Waals surface area (Å²) in [5.74, 6) is -0.837. The second-order valence-electron chi connectivity index (χ2n) is 10.4. The predicted molar refractivity (Wildman–Crippen MR) is 136 cm³/mol. The van der Waals surface area contributed by atoms with Crippen molar-refractivity contribution in [1.82, 2.24) is 15.3 Å². The third-order valence-corrected chi connectivity index (χ3v) is 6.73. The van der Waals surface area contributed by atoms with Crippen molar-refractivity contribution in [3.8, 4) is 0 Å². The van der Waals surface area contributed by atoms with Crippen LogP contribution in [0.3, 0.4) is 0 Å². The molecule has 3 heterocycles. The molecular formula is C26H31ClN5O5+. The quantitative estimate of drug-likeness (QED) is 0.334. The van der Waals surface area contributed by atoms with Gasteiger partial charge in [-0.1, -0.05) is 17.7 Å². The Morgan fingerprint density at radius 2 is 2.00 bits per heavy atom. The molecule has 0 spiro atoms. The van der Waals surface area contributed by atoms with Crippen LogP contribution in [-0.4, -0.2) is 63.0 Å². The Morgan fingerprint density at radius 1 is 1.27 bits per heavy atom. The van der Waals surface area contributed by atoms with Crippen LogP contribution in [0.4, 0.5) is 10.5 Å². The van der Waals surface area contributed by atoms with Crippen LogP contribution in [0, 0.1) is 0 Å². The first kappa shape index (κ1) is 26.6. The topological polar surface area (TPSA) is 118 Å². The molecule has 2 N–H and O–H groups in total. The zero-order valence-corrected chi connectivity index (χ0v) is 21.9. The molecule has 4 rings (SSSR count). The van der Waals surface area contributed by atoms with E-state index in [0.29, 0.717) is 41.3 Å². The van der Waals surface area contributed by atoms with Gasteiger partial charge in [0.2, 0.25) is 0 Å². The van der Waals surface area contributed by atoms with Gasteiger partial charge in [0.1, 0.15) is 12.1 Å². The summed E-state index contributed by atoms with van der Waals surface area (Å²) in [4.78, 5) is 59.9. The van der Waals surface area contributed by atoms with Crippen LogP contribution in [0.2, 0.25) is 5.02 Å². The van der Waals surface area contributed by atoms with Crippen LogP contribution in [0.5, 0.6) is 0 Å². The molecule has 11 heteroatoms. The van der Waals surface area contributed by atoms with Gasteiger partial charge in [0.05, 0.1) is 12.1 Å². The van der Waals surface area contributed by atoms with E-state index < -0.39 is 27.9 Å². The standard InChI is InChI=1S/C26H30ClN5O5/c1-25(2,3)37-24(36)30-32(17-33,16-18-7-6-10-28-15-18)26(23(35)31-11-4-5-12-31)14-22(34)20-9-8-19(27)13-21(20)29-26/h6-10,13,15,17H,4-5,11-12,14,16H2,1-3H3,(H-,29,30,34,36)/p+1. The Bertz CT molecular complexity index is 1210. The number of fused-ring (bicyclic) bond motifs is 1. The number of hydrogen-bond acceptors (Lipinski definition) is 7. The molecule has 0 bridgehead atoms. The highest BCUT2D eigenvalue weighted by Crippen LogP contribution is 2.40. The SMILES string of the molecule is CC(C)(C)OC(=O)N[N+](C=O)(Cc1cccnc1)C1(C(=O)N2CCCC2)CC(=O)c2ccc(Cl)cc2N1. The number of amides is 3. The van der Waals surface area contributed by atoms with Gasteiger partial charge in [-0.2, -0.15) is 5.43 Å². The van der Waals surface area contributed by atoms with Crippen LogP contribution >= 0.6 is 11.6 Å². The lowest BCUT2D eigenvalue weighted by Crippen LogP contribution is -2.79. The molecule has 2 atom stereocenters. The molecule has 1 fully saturated rings. The van der Waals surface area contributed by atoms with Crippen molar-refractivity contribution in [2.24, 2.45) is 0 Å². The maximum absolute atomic E-state index is 14.3. The molecule has 2 aliphatic heterocycles. The number of pyridine rings is 1. The number of hydrogen-bond donors (Lipinski definition) is 2. The Labute approximate surface area is 220 Å². The molecule has 1 aromatic carbocycles. The van der Waals surface area contributed by atoms with Crippen molar-refractivity contribution in [3.63, 3.8) is 0 Å². The first-order valence-electron chi connectivity index (χ1n) is 12.1. The first-order valence-corrected chi connectivity index (χ1v) is 12.5. The minimum Gasteiger partial charge on any atom is -0.441 e. The van der Waals surface area contributed by atoms with Crippen molar-refractivity contribution in [2.75, 3.05) is 18.4 Å². The Kier molecular flexibility index (Phi) is 7.25. The highest BCUT2D eigenvalue weighted by molar-refractivity contribution is 6.31. The lowest BCUT2D eigenvalue weighted by atomic mass is 9.88. The number of anilines is 1. The number of aromatic nitrogens is 1. The van der Waals surface area contributed by atoms with Gasteiger partial charge < -0.3 is 15.0 Å². The van der Waals surface area contributed by atoms with Crippen LogP contribution < -0.4 is 10.7 Å². The van der Waals surface area contributed by atoms with E-state index in [9.17, 15) is 19.2 Å². The number of ether oxygens (including phenoxy) is 1. The molecule has 0 radical (unpaired) electrons. The number of Topliss-reactive ketones (excluding diaryl/α,β-unsaturated/α-hetero) is 1. The van der Waals surface area contributed by atoms with Crippen molar-refractivity contribution in [3.05, 3.63) is 58.9 Å². The van der Waals surface area contributed by atoms with Gasteiger partial charge in [-0.15, -0.1) is 4.59 Å². The van der Waals surface area contributed by atoms with E-state index in [1.807, 2.05) is 0 Å². The van der Waals surface area contributed by atoms with Crippen LogP contribution in [0.1, 0.15) is 56.0 Å². The summed E-state index contributed by atoms with van der Waals surface area (Å²) in [6, 6.07) is 8.12. The van der Waals surface area contributed by atoms with E-state index in [4.69, 9.17) is 16.3 Å². The largest absolute Gasteiger partial charge is 0.452 e. The summed E-state index contributed by atoms with van der Waals surface area (Å²) in [5.41, 5.74) is 1.07. The van der Waals surface area contributed by atoms with Crippen LogP contribution in [0.25, 0.3) is 0 Å². The lowest BCUT2D eigenvalue weighted by molar-refractivity contribution is -0.930. The monoisotopic (exact) mass is 528 g/mol. The molecule has 1 aromatic heterocycles. The third-order valence-electron chi connectivity index (χ3n) is 6.49. The molecule has 0 aliphatic carbocycles. The van der Waals surface area contributed by atoms with E-state index in [1.165, 1.54) is 12.3 Å². The van der Waals surface area contributed by atoms with Gasteiger partial charge in [0.15, 0.2) is 5.78 Å². The number of benzene rings is 1. The number of halogens is 1. The number of likely N-dealkylation sites (tertiary alicyclic amines) is 1. The summed E-state index contributed by atoms with van der Waals surface area (Å²) in [6.07, 6.45) is 3.88. The van der Waals surface area contributed by atoms with E-state index in [2.05, 4.69) is 15.7 Å². The predicted octanol–water partition coefficient (Wildman–Crippen LogP) is 3.67. The second-order valence-corrected chi connectivity index (χ2v) is 10.8. The number of carbonyl (C=O) groups excluding carboxylic acids is 4. The summed E-state index contributed by atoms with van der Waals surface area (Å²) in [6.45, 7) is 5.83. The first-order chi connectivity index (χ1) is 17.5. The molecule has 2 unspecified atom stereocenters. The fourth-order valence-corrected chi connectivity index (χ4v) is 5.02. The smallest absolute Gasteiger partial charge is 0.441 e. The number of rotatable bonds is 6. The normalized spacial score (nSPS) is 20.9. The highest BCUT2D eigenvalue weighted by Gasteiger charge is 2.64. The number of ketones is 1. The van der Waals surface area contributed by atoms with Crippen molar-refractivity contribution >= 4 is 41.5 Å². The van der Waals surface area contributed by atoms with Gasteiger partial charge in [0, 0.05) is 41.6 Å². The third kappa shape index (κ3) is 5.30. The van der Waals surface area contributed by atoms with E-state index in [1.54, 1.807) is 56.1 Å². The number of nitrogens with zero attached hydrogens (tertiary/aromatic N) is 3. The summed E-state index contributed by atoms with van der Waals surface area (Å²) >= 11 is 6.24. The number of nitrogens with one attached hydrogen (secondary N) is 2. The Morgan fingerprint density at radius 3 is 2.62 bits per heavy atom. The van der Waals surface area contributed by atoms with E-state index >= 15 is 0 Å². The Balaban J connectivity index is 1.92. The van der Waals surface area contributed by atoms with Crippen LogP contribution in [-0.2, 0) is 20.9 Å². The summed E-state index contributed by atoms with van der Waals surface area (Å²) < 4.78 is 4.52. The summed E-state index contributed by atoms with van der Waals surface area (Å²) in [5, 5.41) is 3.54. The number of carbonyl (C=O) groups is 4. The van der Waals surface area contributed by atoms with Crippen molar-refractivity contribution in [1.29, 1.82) is 0 Å². The van der Waals surface area contributed by atoms with Gasteiger partial charge >= 0.3 is 18.4 Å². The van der Waals surface area contributed by atoms with Crippen molar-refractivity contribution in [2.45, 2.75) is 57.8 Å².